The fourth-order valence-corrected chi connectivity index (χ4v) is 4.16. The van der Waals surface area contributed by atoms with Crippen molar-refractivity contribution in [3.8, 4) is 11.5 Å². The molecule has 3 N–H and O–H groups in total. The Morgan fingerprint density at radius 3 is 2.73 bits per heavy atom. The van der Waals surface area contributed by atoms with Crippen LogP contribution in [0.3, 0.4) is 0 Å². The molecule has 0 radical (unpaired) electrons. The molecule has 4 rings (SSSR count). The van der Waals surface area contributed by atoms with Gasteiger partial charge >= 0.3 is 0 Å². The van der Waals surface area contributed by atoms with Gasteiger partial charge in [-0.25, -0.2) is 0 Å². The Morgan fingerprint density at radius 1 is 1.15 bits per heavy atom. The number of benzene rings is 2. The summed E-state index contributed by atoms with van der Waals surface area (Å²) < 4.78 is 5.79. The van der Waals surface area contributed by atoms with Gasteiger partial charge < -0.3 is 20.5 Å². The van der Waals surface area contributed by atoms with Gasteiger partial charge in [-0.3, -0.25) is 4.79 Å². The van der Waals surface area contributed by atoms with Gasteiger partial charge in [0.25, 0.3) is 5.91 Å². The molecule has 1 saturated heterocycles. The van der Waals surface area contributed by atoms with Crippen LogP contribution in [0.25, 0.3) is 0 Å². The maximum absolute atomic E-state index is 12.9. The highest BCUT2D eigenvalue weighted by Gasteiger charge is 2.42. The zero-order valence-electron chi connectivity index (χ0n) is 14.7. The van der Waals surface area contributed by atoms with Crippen LogP contribution in [-0.4, -0.2) is 35.0 Å². The molecule has 0 aromatic heterocycles. The topological polar surface area (TPSA) is 75.8 Å². The smallest absolute Gasteiger partial charge is 0.257 e. The molecule has 3 atom stereocenters. The number of phenolic OH excluding ortho intramolecular Hbond substituents is 1. The third-order valence-corrected chi connectivity index (χ3v) is 5.65. The number of hydrogen-bond donors (Lipinski definition) is 2. The lowest BCUT2D eigenvalue weighted by molar-refractivity contribution is 0.0776. The number of nitrogens with two attached hydrogens (primary N) is 1. The minimum absolute atomic E-state index is 0.0107. The summed E-state index contributed by atoms with van der Waals surface area (Å²) in [6.07, 6.45) is 2.13. The molecular weight excluding hydrogens is 328 g/mol. The minimum Gasteiger partial charge on any atom is -0.507 e. The van der Waals surface area contributed by atoms with E-state index in [9.17, 15) is 9.90 Å². The number of carbonyl (C=O) groups is 1. The van der Waals surface area contributed by atoms with E-state index in [0.29, 0.717) is 36.3 Å². The van der Waals surface area contributed by atoms with Crippen LogP contribution in [0, 0.1) is 11.8 Å². The maximum Gasteiger partial charge on any atom is 0.257 e. The molecule has 1 heterocycles. The van der Waals surface area contributed by atoms with Crippen molar-refractivity contribution in [2.45, 2.75) is 25.5 Å². The van der Waals surface area contributed by atoms with Crippen molar-refractivity contribution in [3.05, 3.63) is 59.7 Å². The van der Waals surface area contributed by atoms with Gasteiger partial charge in [-0.05, 0) is 48.4 Å². The van der Waals surface area contributed by atoms with Crippen LogP contribution in [0.1, 0.15) is 28.8 Å². The molecule has 1 aliphatic carbocycles. The van der Waals surface area contributed by atoms with Gasteiger partial charge in [0.15, 0.2) is 0 Å². The summed E-state index contributed by atoms with van der Waals surface area (Å²) >= 11 is 0. The van der Waals surface area contributed by atoms with E-state index in [0.717, 1.165) is 24.9 Å². The average molecular weight is 352 g/mol. The first-order valence-corrected chi connectivity index (χ1v) is 9.16. The van der Waals surface area contributed by atoms with Gasteiger partial charge in [-0.15, -0.1) is 0 Å². The highest BCUT2D eigenvalue weighted by molar-refractivity contribution is 5.97. The summed E-state index contributed by atoms with van der Waals surface area (Å²) in [5, 5.41) is 10.2. The van der Waals surface area contributed by atoms with E-state index in [1.807, 2.05) is 35.2 Å². The lowest BCUT2D eigenvalue weighted by Gasteiger charge is -2.19. The SMILES string of the molecule is NC1CCC2CN(C(=O)c3cc(OCc4ccccc4)ccc3O)CC12. The predicted molar refractivity (Wildman–Crippen MR) is 99.0 cm³/mol. The number of hydrogen-bond acceptors (Lipinski definition) is 4. The third kappa shape index (κ3) is 3.27. The Morgan fingerprint density at radius 2 is 1.96 bits per heavy atom. The second-order valence-electron chi connectivity index (χ2n) is 7.33. The van der Waals surface area contributed by atoms with Crippen molar-refractivity contribution in [3.63, 3.8) is 0 Å². The molecule has 0 spiro atoms. The van der Waals surface area contributed by atoms with Gasteiger partial charge in [-0.2, -0.15) is 0 Å². The molecule has 5 nitrogen and oxygen atoms in total. The van der Waals surface area contributed by atoms with E-state index in [-0.39, 0.29) is 17.7 Å². The van der Waals surface area contributed by atoms with Crippen molar-refractivity contribution < 1.29 is 14.6 Å². The van der Waals surface area contributed by atoms with Crippen molar-refractivity contribution >= 4 is 5.91 Å². The molecule has 26 heavy (non-hydrogen) atoms. The Kier molecular flexibility index (Phi) is 4.55. The quantitative estimate of drug-likeness (QED) is 0.887. The molecule has 2 aromatic rings. The van der Waals surface area contributed by atoms with Gasteiger partial charge in [0.1, 0.15) is 18.1 Å². The summed E-state index contributed by atoms with van der Waals surface area (Å²) in [6.45, 7) is 1.83. The first-order valence-electron chi connectivity index (χ1n) is 9.16. The van der Waals surface area contributed by atoms with Crippen LogP contribution in [0.5, 0.6) is 11.5 Å². The predicted octanol–water partition coefficient (Wildman–Crippen LogP) is 2.78. The molecular formula is C21H24N2O3. The monoisotopic (exact) mass is 352 g/mol. The normalized spacial score (nSPS) is 24.5. The number of carbonyl (C=O) groups excluding carboxylic acids is 1. The molecule has 1 amide bonds. The molecule has 5 heteroatoms. The first kappa shape index (κ1) is 16.9. The van der Waals surface area contributed by atoms with Crippen LogP contribution in [0.4, 0.5) is 0 Å². The number of fused-ring (bicyclic) bond motifs is 1. The molecule has 1 saturated carbocycles. The van der Waals surface area contributed by atoms with E-state index in [4.69, 9.17) is 10.5 Å². The number of amides is 1. The Balaban J connectivity index is 1.47. The number of nitrogens with zero attached hydrogens (tertiary/aromatic N) is 1. The molecule has 3 unspecified atom stereocenters. The van der Waals surface area contributed by atoms with E-state index < -0.39 is 0 Å². The highest BCUT2D eigenvalue weighted by atomic mass is 16.5. The second kappa shape index (κ2) is 7.00. The summed E-state index contributed by atoms with van der Waals surface area (Å²) in [4.78, 5) is 14.7. The Bertz CT molecular complexity index is 793. The fraction of sp³-hybridized carbons (Fsp3) is 0.381. The standard InChI is InChI=1S/C21H24N2O3/c22-19-8-6-15-11-23(12-18(15)19)21(25)17-10-16(7-9-20(17)24)26-13-14-4-2-1-3-5-14/h1-5,7,9-10,15,18-19,24H,6,8,11-13,22H2. The zero-order chi connectivity index (χ0) is 18.1. The number of phenols is 1. The van der Waals surface area contributed by atoms with Crippen LogP contribution in [0.2, 0.25) is 0 Å². The number of ether oxygens (including phenoxy) is 1. The van der Waals surface area contributed by atoms with Crippen molar-refractivity contribution in [2.24, 2.45) is 17.6 Å². The minimum atomic E-state index is -0.144. The maximum atomic E-state index is 12.9. The van der Waals surface area contributed by atoms with Crippen molar-refractivity contribution in [2.75, 3.05) is 13.1 Å². The van der Waals surface area contributed by atoms with Gasteiger partial charge in [0.2, 0.25) is 0 Å². The van der Waals surface area contributed by atoms with Crippen LogP contribution >= 0.6 is 0 Å². The van der Waals surface area contributed by atoms with Gasteiger partial charge in [0.05, 0.1) is 5.56 Å². The summed E-state index contributed by atoms with van der Waals surface area (Å²) in [6, 6.07) is 14.9. The van der Waals surface area contributed by atoms with E-state index in [1.165, 1.54) is 6.07 Å². The lowest BCUT2D eigenvalue weighted by atomic mass is 9.98. The molecule has 1 aliphatic heterocycles. The van der Waals surface area contributed by atoms with Crippen LogP contribution in [0.15, 0.2) is 48.5 Å². The van der Waals surface area contributed by atoms with Gasteiger partial charge in [0, 0.05) is 19.1 Å². The molecule has 2 aliphatic rings. The molecule has 136 valence electrons. The lowest BCUT2D eigenvalue weighted by Crippen LogP contribution is -2.33. The van der Waals surface area contributed by atoms with Gasteiger partial charge in [-0.1, -0.05) is 30.3 Å². The largest absolute Gasteiger partial charge is 0.507 e. The number of aromatic hydroxyl groups is 1. The van der Waals surface area contributed by atoms with E-state index in [2.05, 4.69) is 0 Å². The summed E-state index contributed by atoms with van der Waals surface area (Å²) in [5.41, 5.74) is 7.51. The third-order valence-electron chi connectivity index (χ3n) is 5.65. The number of rotatable bonds is 4. The van der Waals surface area contributed by atoms with Crippen LogP contribution < -0.4 is 10.5 Å². The molecule has 0 bridgehead atoms. The van der Waals surface area contributed by atoms with E-state index >= 15 is 0 Å². The second-order valence-corrected chi connectivity index (χ2v) is 7.33. The van der Waals surface area contributed by atoms with E-state index in [1.54, 1.807) is 12.1 Å². The number of likely N-dealkylation sites (tertiary alicyclic amines) is 1. The summed E-state index contributed by atoms with van der Waals surface area (Å²) in [5.74, 6) is 1.30. The Hall–Kier alpha value is -2.53. The fourth-order valence-electron chi connectivity index (χ4n) is 4.16. The van der Waals surface area contributed by atoms with Crippen molar-refractivity contribution in [1.29, 1.82) is 0 Å². The summed E-state index contributed by atoms with van der Waals surface area (Å²) in [7, 11) is 0. The van der Waals surface area contributed by atoms with Crippen molar-refractivity contribution in [1.82, 2.24) is 4.90 Å². The van der Waals surface area contributed by atoms with Crippen LogP contribution in [-0.2, 0) is 6.61 Å². The highest BCUT2D eigenvalue weighted by Crippen LogP contribution is 2.38. The average Bonchev–Trinajstić information content (AvgIpc) is 3.24. The first-order chi connectivity index (χ1) is 12.6. The zero-order valence-corrected chi connectivity index (χ0v) is 14.7. The molecule has 2 aromatic carbocycles. The Labute approximate surface area is 153 Å². The molecule has 2 fully saturated rings.